The van der Waals surface area contributed by atoms with Crippen LogP contribution in [0, 0.1) is 0 Å². The average molecular weight is 244 g/mol. The molecule has 1 heterocycles. The Bertz CT molecular complexity index is 360. The van der Waals surface area contributed by atoms with E-state index in [1.54, 1.807) is 16.3 Å². The van der Waals surface area contributed by atoms with E-state index in [2.05, 4.69) is 22.4 Å². The van der Waals surface area contributed by atoms with Crippen molar-refractivity contribution in [2.45, 2.75) is 44.4 Å². The fourth-order valence-corrected chi connectivity index (χ4v) is 2.69. The van der Waals surface area contributed by atoms with E-state index in [0.29, 0.717) is 12.6 Å². The van der Waals surface area contributed by atoms with E-state index in [9.17, 15) is 4.79 Å². The molecule has 2 N–H and O–H groups in total. The van der Waals surface area contributed by atoms with Gasteiger partial charge in [0.05, 0.1) is 0 Å². The van der Waals surface area contributed by atoms with Crippen molar-refractivity contribution in [3.05, 3.63) is 10.5 Å². The zero-order chi connectivity index (χ0) is 12.0. The summed E-state index contributed by atoms with van der Waals surface area (Å²) >= 11 is 1.62. The zero-order valence-corrected chi connectivity index (χ0v) is 10.9. The van der Waals surface area contributed by atoms with Gasteiger partial charge in [0.25, 0.3) is 0 Å². The molecule has 0 saturated carbocycles. The fourth-order valence-electron chi connectivity index (χ4n) is 1.53. The largest absolute Gasteiger partial charge is 0.343 e. The number of thioether (sulfide) groups is 1. The first-order chi connectivity index (χ1) is 7.72. The van der Waals surface area contributed by atoms with Crippen LogP contribution in [0.2, 0.25) is 0 Å². The predicted octanol–water partition coefficient (Wildman–Crippen LogP) is 1.07. The van der Waals surface area contributed by atoms with Gasteiger partial charge >= 0.3 is 5.69 Å². The quantitative estimate of drug-likeness (QED) is 0.704. The second-order valence-electron chi connectivity index (χ2n) is 3.64. The summed E-state index contributed by atoms with van der Waals surface area (Å²) in [5, 5.41) is 10.5. The lowest BCUT2D eigenvalue weighted by atomic mass is 10.2. The molecule has 0 fully saturated rings. The molecule has 16 heavy (non-hydrogen) atoms. The van der Waals surface area contributed by atoms with Gasteiger partial charge in [-0.3, -0.25) is 4.57 Å². The van der Waals surface area contributed by atoms with Crippen molar-refractivity contribution >= 4 is 11.8 Å². The third kappa shape index (κ3) is 3.38. The Labute approximate surface area is 100 Å². The van der Waals surface area contributed by atoms with E-state index in [0.717, 1.165) is 23.8 Å². The van der Waals surface area contributed by atoms with Gasteiger partial charge in [0, 0.05) is 18.3 Å². The molecule has 1 unspecified atom stereocenters. The fraction of sp³-hybridized carbons (Fsp3) is 0.800. The number of nitrogens with zero attached hydrogens (tertiary/aromatic N) is 2. The molecule has 0 aliphatic heterocycles. The van der Waals surface area contributed by atoms with Crippen molar-refractivity contribution in [3.63, 3.8) is 0 Å². The average Bonchev–Trinajstić information content (AvgIpc) is 2.65. The molecule has 6 heteroatoms. The van der Waals surface area contributed by atoms with Gasteiger partial charge in [0.2, 0.25) is 0 Å². The maximum atomic E-state index is 11.3. The van der Waals surface area contributed by atoms with Crippen LogP contribution in [0.15, 0.2) is 9.95 Å². The van der Waals surface area contributed by atoms with Gasteiger partial charge in [-0.15, -0.1) is 5.10 Å². The van der Waals surface area contributed by atoms with Gasteiger partial charge in [-0.25, -0.2) is 9.89 Å². The highest BCUT2D eigenvalue weighted by molar-refractivity contribution is 7.99. The van der Waals surface area contributed by atoms with Crippen LogP contribution in [0.1, 0.15) is 26.7 Å². The third-order valence-corrected chi connectivity index (χ3v) is 3.64. The van der Waals surface area contributed by atoms with Gasteiger partial charge in [-0.1, -0.05) is 25.1 Å². The Morgan fingerprint density at radius 3 is 2.88 bits per heavy atom. The summed E-state index contributed by atoms with van der Waals surface area (Å²) in [6, 6.07) is 0.479. The van der Waals surface area contributed by atoms with E-state index in [1.165, 1.54) is 0 Å². The monoisotopic (exact) mass is 244 g/mol. The number of H-pyrrole nitrogens is 1. The smallest absolute Gasteiger partial charge is 0.316 e. The number of hydrogen-bond acceptors (Lipinski definition) is 4. The van der Waals surface area contributed by atoms with Gasteiger partial charge < -0.3 is 5.32 Å². The molecule has 0 aliphatic carbocycles. The normalized spacial score (nSPS) is 12.9. The van der Waals surface area contributed by atoms with Gasteiger partial charge in [-0.05, 0) is 20.4 Å². The third-order valence-electron chi connectivity index (χ3n) is 2.50. The molecule has 1 atom stereocenters. The molecule has 1 aromatic heterocycles. The second-order valence-corrected chi connectivity index (χ2v) is 4.63. The molecule has 0 bridgehead atoms. The summed E-state index contributed by atoms with van der Waals surface area (Å²) in [6.45, 7) is 4.78. The first-order valence-corrected chi connectivity index (χ1v) is 6.66. The number of aromatic amines is 1. The van der Waals surface area contributed by atoms with Crippen molar-refractivity contribution < 1.29 is 0 Å². The molecule has 5 nitrogen and oxygen atoms in total. The first-order valence-electron chi connectivity index (χ1n) is 5.68. The van der Waals surface area contributed by atoms with Crippen molar-refractivity contribution in [1.29, 1.82) is 0 Å². The summed E-state index contributed by atoms with van der Waals surface area (Å²) in [4.78, 5) is 11.3. The molecule has 1 rings (SSSR count). The number of aromatic nitrogens is 3. The molecule has 0 aliphatic rings. The highest BCUT2D eigenvalue weighted by Crippen LogP contribution is 2.15. The minimum absolute atomic E-state index is 0.124. The van der Waals surface area contributed by atoms with Gasteiger partial charge in [-0.2, -0.15) is 0 Å². The minimum atomic E-state index is -0.124. The van der Waals surface area contributed by atoms with Crippen molar-refractivity contribution in [2.75, 3.05) is 12.8 Å². The van der Waals surface area contributed by atoms with Crippen LogP contribution >= 0.6 is 11.8 Å². The summed E-state index contributed by atoms with van der Waals surface area (Å²) in [7, 11) is 1.97. The second kappa shape index (κ2) is 6.75. The Morgan fingerprint density at radius 2 is 2.31 bits per heavy atom. The van der Waals surface area contributed by atoms with Crippen molar-refractivity contribution in [1.82, 2.24) is 20.1 Å². The van der Waals surface area contributed by atoms with Crippen LogP contribution in [0.3, 0.4) is 0 Å². The topological polar surface area (TPSA) is 62.7 Å². The lowest BCUT2D eigenvalue weighted by Gasteiger charge is -2.13. The van der Waals surface area contributed by atoms with Crippen molar-refractivity contribution in [2.24, 2.45) is 0 Å². The number of hydrogen-bond donors (Lipinski definition) is 2. The van der Waals surface area contributed by atoms with Crippen LogP contribution in [-0.4, -0.2) is 33.6 Å². The zero-order valence-electron chi connectivity index (χ0n) is 10.1. The molecular formula is C10H20N4OS. The molecule has 0 amide bonds. The lowest BCUT2D eigenvalue weighted by molar-refractivity contribution is 0.563. The summed E-state index contributed by atoms with van der Waals surface area (Å²) < 4.78 is 1.66. The highest BCUT2D eigenvalue weighted by Gasteiger charge is 2.10. The Kier molecular flexibility index (Phi) is 5.62. The van der Waals surface area contributed by atoms with Crippen LogP contribution < -0.4 is 11.0 Å². The molecule has 0 saturated heterocycles. The molecular weight excluding hydrogens is 224 g/mol. The Hall–Kier alpha value is -0.750. The maximum Gasteiger partial charge on any atom is 0.343 e. The Morgan fingerprint density at radius 1 is 1.56 bits per heavy atom. The van der Waals surface area contributed by atoms with Gasteiger partial charge in [0.15, 0.2) is 5.16 Å². The highest BCUT2D eigenvalue weighted by atomic mass is 32.2. The van der Waals surface area contributed by atoms with E-state index in [1.807, 2.05) is 14.0 Å². The number of rotatable bonds is 7. The lowest BCUT2D eigenvalue weighted by Crippen LogP contribution is -2.27. The molecule has 1 aromatic rings. The van der Waals surface area contributed by atoms with Crippen LogP contribution in [0.4, 0.5) is 0 Å². The van der Waals surface area contributed by atoms with Crippen LogP contribution in [0.5, 0.6) is 0 Å². The standard InChI is InChI=1S/C10H20N4OS/c1-4-6-8(11-3)7-16-10-13-12-9(15)14(10)5-2/h8,11H,4-7H2,1-3H3,(H,12,15). The Balaban J connectivity index is 2.56. The van der Waals surface area contributed by atoms with E-state index in [4.69, 9.17) is 0 Å². The SMILES string of the molecule is CCCC(CSc1n[nH]c(=O)n1CC)NC. The summed E-state index contributed by atoms with van der Waals surface area (Å²) in [5.41, 5.74) is -0.124. The van der Waals surface area contributed by atoms with Crippen LogP contribution in [-0.2, 0) is 6.54 Å². The minimum Gasteiger partial charge on any atom is -0.316 e. The van der Waals surface area contributed by atoms with E-state index >= 15 is 0 Å². The van der Waals surface area contributed by atoms with E-state index < -0.39 is 0 Å². The van der Waals surface area contributed by atoms with Crippen molar-refractivity contribution in [3.8, 4) is 0 Å². The van der Waals surface area contributed by atoms with Crippen LogP contribution in [0.25, 0.3) is 0 Å². The molecule has 92 valence electrons. The number of nitrogens with one attached hydrogen (secondary N) is 2. The predicted molar refractivity (Wildman–Crippen MR) is 67.0 cm³/mol. The van der Waals surface area contributed by atoms with E-state index in [-0.39, 0.29) is 5.69 Å². The maximum absolute atomic E-state index is 11.3. The molecule has 0 aromatic carbocycles. The molecule has 0 radical (unpaired) electrons. The van der Waals surface area contributed by atoms with Gasteiger partial charge in [0.1, 0.15) is 0 Å². The summed E-state index contributed by atoms with van der Waals surface area (Å²) in [6.07, 6.45) is 2.30. The summed E-state index contributed by atoms with van der Waals surface area (Å²) in [5.74, 6) is 0.939. The first kappa shape index (κ1) is 13.3. The molecule has 0 spiro atoms.